The van der Waals surface area contributed by atoms with Crippen LogP contribution in [0.15, 0.2) is 29.8 Å². The van der Waals surface area contributed by atoms with Crippen molar-refractivity contribution >= 4 is 34.7 Å². The number of carbonyl (C=O) groups is 1. The van der Waals surface area contributed by atoms with Crippen molar-refractivity contribution in [3.05, 3.63) is 45.2 Å². The molecule has 1 unspecified atom stereocenters. The Balaban J connectivity index is 2.04. The highest BCUT2D eigenvalue weighted by Gasteiger charge is 2.11. The molecule has 2 aromatic heterocycles. The Morgan fingerprint density at radius 3 is 3.00 bits per heavy atom. The van der Waals surface area contributed by atoms with Gasteiger partial charge in [-0.25, -0.2) is 9.78 Å². The summed E-state index contributed by atoms with van der Waals surface area (Å²) in [5, 5.41) is 14.4. The molecule has 6 heteroatoms. The number of aromatic carboxylic acids is 1. The van der Waals surface area contributed by atoms with Crippen molar-refractivity contribution in [3.63, 3.8) is 0 Å². The van der Waals surface area contributed by atoms with Crippen molar-refractivity contribution < 1.29 is 9.90 Å². The molecule has 0 amide bonds. The molecule has 0 fully saturated rings. The maximum atomic E-state index is 10.8. The molecule has 19 heavy (non-hydrogen) atoms. The molecule has 100 valence electrons. The third-order valence-electron chi connectivity index (χ3n) is 2.56. The Morgan fingerprint density at radius 1 is 1.63 bits per heavy atom. The van der Waals surface area contributed by atoms with Crippen LogP contribution in [0.3, 0.4) is 0 Å². The van der Waals surface area contributed by atoms with Gasteiger partial charge in [-0.15, -0.1) is 11.3 Å². The van der Waals surface area contributed by atoms with Crippen LogP contribution >= 0.6 is 22.9 Å². The second-order valence-electron chi connectivity index (χ2n) is 4.19. The van der Waals surface area contributed by atoms with Crippen LogP contribution in [0.5, 0.6) is 0 Å². The molecule has 4 nitrogen and oxygen atoms in total. The molecule has 2 heterocycles. The fourth-order valence-electron chi connectivity index (χ4n) is 1.68. The number of halogens is 1. The van der Waals surface area contributed by atoms with Gasteiger partial charge in [0.15, 0.2) is 0 Å². The molecule has 0 saturated heterocycles. The smallest absolute Gasteiger partial charge is 0.337 e. The van der Waals surface area contributed by atoms with Crippen LogP contribution in [0.4, 0.5) is 5.82 Å². The second kappa shape index (κ2) is 6.04. The fourth-order valence-corrected chi connectivity index (χ4v) is 2.73. The van der Waals surface area contributed by atoms with E-state index in [1.807, 2.05) is 18.4 Å². The Bertz CT molecular complexity index is 572. The molecule has 0 aliphatic heterocycles. The van der Waals surface area contributed by atoms with E-state index in [2.05, 4.69) is 16.4 Å². The van der Waals surface area contributed by atoms with Crippen molar-refractivity contribution in [1.82, 2.24) is 4.98 Å². The number of carboxylic acid groups (broad SMARTS) is 1. The van der Waals surface area contributed by atoms with Gasteiger partial charge in [0.25, 0.3) is 0 Å². The lowest BCUT2D eigenvalue weighted by atomic mass is 10.2. The highest BCUT2D eigenvalue weighted by molar-refractivity contribution is 7.09. The molecule has 0 bridgehead atoms. The van der Waals surface area contributed by atoms with Crippen LogP contribution in [0, 0.1) is 0 Å². The number of hydrogen-bond acceptors (Lipinski definition) is 4. The quantitative estimate of drug-likeness (QED) is 0.886. The van der Waals surface area contributed by atoms with Crippen molar-refractivity contribution in [2.45, 2.75) is 19.4 Å². The predicted molar refractivity (Wildman–Crippen MR) is 77.3 cm³/mol. The number of anilines is 1. The Labute approximate surface area is 120 Å². The Hall–Kier alpha value is -1.59. The molecule has 1 atom stereocenters. The van der Waals surface area contributed by atoms with E-state index in [1.54, 1.807) is 11.3 Å². The summed E-state index contributed by atoms with van der Waals surface area (Å²) < 4.78 is 0. The summed E-state index contributed by atoms with van der Waals surface area (Å²) in [4.78, 5) is 16.1. The molecule has 0 radical (unpaired) electrons. The minimum absolute atomic E-state index is 0.0847. The van der Waals surface area contributed by atoms with Crippen LogP contribution in [0.25, 0.3) is 0 Å². The normalized spacial score (nSPS) is 12.1. The molecular weight excluding hydrogens is 284 g/mol. The number of hydrogen-bond donors (Lipinski definition) is 2. The highest BCUT2D eigenvalue weighted by Crippen LogP contribution is 2.22. The van der Waals surface area contributed by atoms with Crippen molar-refractivity contribution in [2.24, 2.45) is 0 Å². The summed E-state index contributed by atoms with van der Waals surface area (Å²) in [5.41, 5.74) is 0.0847. The van der Waals surface area contributed by atoms with Gasteiger partial charge in [0.1, 0.15) is 5.82 Å². The van der Waals surface area contributed by atoms with Gasteiger partial charge >= 0.3 is 5.97 Å². The predicted octanol–water partition coefficient (Wildman–Crippen LogP) is 3.54. The maximum Gasteiger partial charge on any atom is 0.337 e. The van der Waals surface area contributed by atoms with Crippen LogP contribution in [-0.2, 0) is 6.42 Å². The summed E-state index contributed by atoms with van der Waals surface area (Å²) in [6.45, 7) is 2.03. The SMILES string of the molecule is CC(Cc1cccs1)Nc1ncc(C(=O)O)cc1Cl. The van der Waals surface area contributed by atoms with Crippen molar-refractivity contribution in [3.8, 4) is 0 Å². The van der Waals surface area contributed by atoms with Gasteiger partial charge in [0.2, 0.25) is 0 Å². The zero-order valence-corrected chi connectivity index (χ0v) is 11.8. The van der Waals surface area contributed by atoms with Crippen LogP contribution in [0.2, 0.25) is 5.02 Å². The zero-order chi connectivity index (χ0) is 13.8. The average molecular weight is 297 g/mol. The van der Waals surface area contributed by atoms with Gasteiger partial charge in [-0.1, -0.05) is 17.7 Å². The molecular formula is C13H13ClN2O2S. The first-order valence-electron chi connectivity index (χ1n) is 5.74. The van der Waals surface area contributed by atoms with Crippen LogP contribution < -0.4 is 5.32 Å². The van der Waals surface area contributed by atoms with Crippen LogP contribution in [-0.4, -0.2) is 22.1 Å². The summed E-state index contributed by atoms with van der Waals surface area (Å²) in [6.07, 6.45) is 2.17. The molecule has 0 aliphatic rings. The summed E-state index contributed by atoms with van der Waals surface area (Å²) in [7, 11) is 0. The van der Waals surface area contributed by atoms with E-state index in [4.69, 9.17) is 16.7 Å². The van der Waals surface area contributed by atoms with Gasteiger partial charge in [-0.2, -0.15) is 0 Å². The van der Waals surface area contributed by atoms with Gasteiger partial charge in [0.05, 0.1) is 10.6 Å². The zero-order valence-electron chi connectivity index (χ0n) is 10.3. The third-order valence-corrected chi connectivity index (χ3v) is 3.75. The number of rotatable bonds is 5. The number of pyridine rings is 1. The third kappa shape index (κ3) is 3.68. The molecule has 2 N–H and O–H groups in total. The van der Waals surface area contributed by atoms with Gasteiger partial charge < -0.3 is 10.4 Å². The standard InChI is InChI=1S/C13H13ClN2O2S/c1-8(5-10-3-2-4-19-10)16-12-11(14)6-9(7-15-12)13(17)18/h2-4,6-8H,5H2,1H3,(H,15,16)(H,17,18). The molecule has 0 aliphatic carbocycles. The Kier molecular flexibility index (Phi) is 4.39. The Morgan fingerprint density at radius 2 is 2.42 bits per heavy atom. The van der Waals surface area contributed by atoms with E-state index in [9.17, 15) is 4.79 Å². The molecule has 2 rings (SSSR count). The van der Waals surface area contributed by atoms with E-state index >= 15 is 0 Å². The van der Waals surface area contributed by atoms with Crippen molar-refractivity contribution in [1.29, 1.82) is 0 Å². The summed E-state index contributed by atoms with van der Waals surface area (Å²) >= 11 is 7.71. The first-order chi connectivity index (χ1) is 9.06. The number of thiophene rings is 1. The average Bonchev–Trinajstić information content (AvgIpc) is 2.84. The lowest BCUT2D eigenvalue weighted by molar-refractivity contribution is 0.0696. The minimum Gasteiger partial charge on any atom is -0.478 e. The first kappa shape index (κ1) is 13.8. The summed E-state index contributed by atoms with van der Waals surface area (Å²) in [5.74, 6) is -0.525. The number of carboxylic acids is 1. The van der Waals surface area contributed by atoms with E-state index in [0.717, 1.165) is 6.42 Å². The van der Waals surface area contributed by atoms with Gasteiger partial charge in [-0.05, 0) is 24.4 Å². The largest absolute Gasteiger partial charge is 0.478 e. The molecule has 2 aromatic rings. The lowest BCUT2D eigenvalue weighted by Crippen LogP contribution is -2.18. The highest BCUT2D eigenvalue weighted by atomic mass is 35.5. The number of nitrogens with one attached hydrogen (secondary N) is 1. The number of aromatic nitrogens is 1. The van der Waals surface area contributed by atoms with Crippen LogP contribution in [0.1, 0.15) is 22.2 Å². The van der Waals surface area contributed by atoms with E-state index in [0.29, 0.717) is 10.8 Å². The van der Waals surface area contributed by atoms with Gasteiger partial charge in [0, 0.05) is 23.5 Å². The van der Waals surface area contributed by atoms with Crippen molar-refractivity contribution in [2.75, 3.05) is 5.32 Å². The fraction of sp³-hybridized carbons (Fsp3) is 0.231. The first-order valence-corrected chi connectivity index (χ1v) is 7.00. The lowest BCUT2D eigenvalue weighted by Gasteiger charge is -2.14. The minimum atomic E-state index is -1.03. The topological polar surface area (TPSA) is 62.2 Å². The van der Waals surface area contributed by atoms with Gasteiger partial charge in [-0.3, -0.25) is 0 Å². The molecule has 0 aromatic carbocycles. The molecule has 0 spiro atoms. The van der Waals surface area contributed by atoms with E-state index < -0.39 is 5.97 Å². The monoisotopic (exact) mass is 296 g/mol. The van der Waals surface area contributed by atoms with E-state index in [1.165, 1.54) is 17.1 Å². The summed E-state index contributed by atoms with van der Waals surface area (Å²) in [6, 6.07) is 5.65. The maximum absolute atomic E-state index is 10.8. The molecule has 0 saturated carbocycles. The number of nitrogens with zero attached hydrogens (tertiary/aromatic N) is 1. The van der Waals surface area contributed by atoms with E-state index in [-0.39, 0.29) is 11.6 Å². The second-order valence-corrected chi connectivity index (χ2v) is 5.63.